The van der Waals surface area contributed by atoms with Crippen LogP contribution in [0.2, 0.25) is 0 Å². The number of carbonyl (C=O) groups excluding carboxylic acids is 2. The molecular weight excluding hydrogens is 300 g/mol. The van der Waals surface area contributed by atoms with Crippen LogP contribution in [0.15, 0.2) is 60.7 Å². The van der Waals surface area contributed by atoms with Gasteiger partial charge in [-0.25, -0.2) is 0 Å². The monoisotopic (exact) mass is 322 g/mol. The number of hydrogen-bond acceptors (Lipinski definition) is 2. The normalized spacial score (nSPS) is 18.1. The van der Waals surface area contributed by atoms with Crippen LogP contribution in [0.4, 0.5) is 0 Å². The molecule has 24 heavy (non-hydrogen) atoms. The third-order valence-electron chi connectivity index (χ3n) is 4.67. The highest BCUT2D eigenvalue weighted by molar-refractivity contribution is 5.93. The molecule has 0 saturated carbocycles. The summed E-state index contributed by atoms with van der Waals surface area (Å²) in [7, 11) is 1.78. The number of carbonyl (C=O) groups is 2. The van der Waals surface area contributed by atoms with Crippen LogP contribution < -0.4 is 0 Å². The van der Waals surface area contributed by atoms with E-state index in [1.165, 1.54) is 0 Å². The fourth-order valence-electron chi connectivity index (χ4n) is 3.25. The molecule has 0 N–H and O–H groups in total. The van der Waals surface area contributed by atoms with Gasteiger partial charge >= 0.3 is 0 Å². The fourth-order valence-corrected chi connectivity index (χ4v) is 3.25. The predicted molar refractivity (Wildman–Crippen MR) is 93.5 cm³/mol. The molecular formula is C20H22N2O2. The number of piperazine rings is 1. The molecule has 1 aliphatic heterocycles. The smallest absolute Gasteiger partial charge is 0.244 e. The Hall–Kier alpha value is -2.62. The summed E-state index contributed by atoms with van der Waals surface area (Å²) < 4.78 is 0. The van der Waals surface area contributed by atoms with Gasteiger partial charge in [-0.2, -0.15) is 0 Å². The van der Waals surface area contributed by atoms with Crippen LogP contribution in [0, 0.1) is 0 Å². The second-order valence-corrected chi connectivity index (χ2v) is 6.22. The van der Waals surface area contributed by atoms with Crippen molar-refractivity contribution >= 4 is 11.8 Å². The lowest BCUT2D eigenvalue weighted by Crippen LogP contribution is -2.57. The van der Waals surface area contributed by atoms with E-state index in [2.05, 4.69) is 0 Å². The first-order valence-corrected chi connectivity index (χ1v) is 8.25. The summed E-state index contributed by atoms with van der Waals surface area (Å²) in [6.07, 6.45) is 0. The maximum Gasteiger partial charge on any atom is 0.244 e. The van der Waals surface area contributed by atoms with Crippen LogP contribution in [-0.4, -0.2) is 47.8 Å². The van der Waals surface area contributed by atoms with Gasteiger partial charge in [0.1, 0.15) is 6.04 Å². The lowest BCUT2D eigenvalue weighted by Gasteiger charge is -2.39. The molecule has 1 atom stereocenters. The van der Waals surface area contributed by atoms with E-state index in [4.69, 9.17) is 0 Å². The maximum atomic E-state index is 13.3. The first kappa shape index (κ1) is 16.2. The van der Waals surface area contributed by atoms with Gasteiger partial charge in [0.05, 0.1) is 5.92 Å². The molecule has 2 aromatic carbocycles. The first-order valence-electron chi connectivity index (χ1n) is 8.25. The Morgan fingerprint density at radius 3 is 1.96 bits per heavy atom. The first-order chi connectivity index (χ1) is 11.6. The molecule has 0 aliphatic carbocycles. The van der Waals surface area contributed by atoms with Gasteiger partial charge in [-0.05, 0) is 18.1 Å². The minimum Gasteiger partial charge on any atom is -0.342 e. The molecule has 4 nitrogen and oxygen atoms in total. The Bertz CT molecular complexity index is 675. The largest absolute Gasteiger partial charge is 0.342 e. The van der Waals surface area contributed by atoms with E-state index in [1.807, 2.05) is 67.6 Å². The van der Waals surface area contributed by atoms with Gasteiger partial charge in [-0.1, -0.05) is 60.7 Å². The minimum absolute atomic E-state index is 0.00512. The fraction of sp³-hybridized carbons (Fsp3) is 0.300. The van der Waals surface area contributed by atoms with Crippen molar-refractivity contribution in [2.45, 2.75) is 18.9 Å². The van der Waals surface area contributed by atoms with Gasteiger partial charge < -0.3 is 9.80 Å². The van der Waals surface area contributed by atoms with E-state index in [0.29, 0.717) is 13.1 Å². The van der Waals surface area contributed by atoms with Gasteiger partial charge in [0.25, 0.3) is 0 Å². The van der Waals surface area contributed by atoms with Gasteiger partial charge in [0.15, 0.2) is 0 Å². The Morgan fingerprint density at radius 2 is 1.46 bits per heavy atom. The summed E-state index contributed by atoms with van der Waals surface area (Å²) in [5, 5.41) is 0. The van der Waals surface area contributed by atoms with E-state index in [0.717, 1.165) is 11.1 Å². The van der Waals surface area contributed by atoms with Crippen LogP contribution in [0.1, 0.15) is 24.0 Å². The van der Waals surface area contributed by atoms with Crippen LogP contribution in [0.3, 0.4) is 0 Å². The Kier molecular flexibility index (Phi) is 4.65. The second-order valence-electron chi connectivity index (χ2n) is 6.22. The molecule has 4 heteroatoms. The van der Waals surface area contributed by atoms with E-state index >= 15 is 0 Å². The summed E-state index contributed by atoms with van der Waals surface area (Å²) in [5.41, 5.74) is 1.90. The molecule has 1 unspecified atom stereocenters. The second kappa shape index (κ2) is 6.87. The van der Waals surface area contributed by atoms with Crippen LogP contribution in [-0.2, 0) is 9.59 Å². The molecule has 1 aliphatic rings. The Balaban J connectivity index is 1.97. The van der Waals surface area contributed by atoms with E-state index < -0.39 is 6.04 Å². The van der Waals surface area contributed by atoms with E-state index in [9.17, 15) is 9.59 Å². The zero-order valence-electron chi connectivity index (χ0n) is 14.1. The molecule has 0 radical (unpaired) electrons. The number of likely N-dealkylation sites (N-methyl/N-ethyl adjacent to an activating group) is 1. The number of hydrogen-bond donors (Lipinski definition) is 0. The molecule has 2 amide bonds. The number of rotatable bonds is 3. The van der Waals surface area contributed by atoms with Gasteiger partial charge in [-0.3, -0.25) is 9.59 Å². The summed E-state index contributed by atoms with van der Waals surface area (Å²) in [5.74, 6) is -0.401. The predicted octanol–water partition coefficient (Wildman–Crippen LogP) is 2.51. The van der Waals surface area contributed by atoms with Gasteiger partial charge in [-0.15, -0.1) is 0 Å². The van der Waals surface area contributed by atoms with E-state index in [1.54, 1.807) is 16.8 Å². The topological polar surface area (TPSA) is 40.6 Å². The molecule has 0 aromatic heterocycles. The lowest BCUT2D eigenvalue weighted by atomic mass is 9.89. The van der Waals surface area contributed by atoms with Crippen LogP contribution in [0.5, 0.6) is 0 Å². The molecule has 0 spiro atoms. The summed E-state index contributed by atoms with van der Waals surface area (Å²) in [6.45, 7) is 2.95. The van der Waals surface area contributed by atoms with Crippen molar-refractivity contribution in [2.24, 2.45) is 0 Å². The lowest BCUT2D eigenvalue weighted by molar-refractivity contribution is -0.149. The van der Waals surface area contributed by atoms with Crippen molar-refractivity contribution in [1.29, 1.82) is 0 Å². The highest BCUT2D eigenvalue weighted by atomic mass is 16.2. The third kappa shape index (κ3) is 3.04. The zero-order chi connectivity index (χ0) is 17.1. The number of nitrogens with zero attached hydrogens (tertiary/aromatic N) is 2. The third-order valence-corrected chi connectivity index (χ3v) is 4.67. The van der Waals surface area contributed by atoms with Gasteiger partial charge in [0.2, 0.25) is 11.8 Å². The maximum absolute atomic E-state index is 13.3. The van der Waals surface area contributed by atoms with Crippen molar-refractivity contribution in [2.75, 3.05) is 20.1 Å². The highest BCUT2D eigenvalue weighted by Gasteiger charge is 2.36. The van der Waals surface area contributed by atoms with Crippen molar-refractivity contribution in [3.05, 3.63) is 71.8 Å². The highest BCUT2D eigenvalue weighted by Crippen LogP contribution is 2.28. The average Bonchev–Trinajstić information content (AvgIpc) is 2.62. The minimum atomic E-state index is -0.425. The SMILES string of the molecule is CC1C(=O)N(C)CCN1C(=O)C(c1ccccc1)c1ccccc1. The van der Waals surface area contributed by atoms with Crippen molar-refractivity contribution in [3.63, 3.8) is 0 Å². The average molecular weight is 322 g/mol. The van der Waals surface area contributed by atoms with Crippen LogP contribution in [0.25, 0.3) is 0 Å². The molecule has 1 fully saturated rings. The zero-order valence-corrected chi connectivity index (χ0v) is 14.1. The molecule has 124 valence electrons. The number of benzene rings is 2. The number of amides is 2. The van der Waals surface area contributed by atoms with E-state index in [-0.39, 0.29) is 17.7 Å². The van der Waals surface area contributed by atoms with Crippen molar-refractivity contribution < 1.29 is 9.59 Å². The molecule has 2 aromatic rings. The summed E-state index contributed by atoms with van der Waals surface area (Å²) >= 11 is 0. The molecule has 1 heterocycles. The molecule has 0 bridgehead atoms. The molecule has 3 rings (SSSR count). The summed E-state index contributed by atoms with van der Waals surface area (Å²) in [6, 6.07) is 19.1. The quantitative estimate of drug-likeness (QED) is 0.871. The van der Waals surface area contributed by atoms with Gasteiger partial charge in [0, 0.05) is 20.1 Å². The molecule has 1 saturated heterocycles. The standard InChI is InChI=1S/C20H22N2O2/c1-15-19(23)21(2)13-14-22(15)20(24)18(16-9-5-3-6-10-16)17-11-7-4-8-12-17/h3-12,15,18H,13-14H2,1-2H3. The Labute approximate surface area is 142 Å². The van der Waals surface area contributed by atoms with Crippen LogP contribution >= 0.6 is 0 Å². The summed E-state index contributed by atoms with van der Waals surface area (Å²) in [4.78, 5) is 29.0. The Morgan fingerprint density at radius 1 is 0.958 bits per heavy atom. The van der Waals surface area contributed by atoms with Crippen molar-refractivity contribution in [3.8, 4) is 0 Å². The van der Waals surface area contributed by atoms with Crippen molar-refractivity contribution in [1.82, 2.24) is 9.80 Å².